The van der Waals surface area contributed by atoms with Crippen LogP contribution in [0.4, 0.5) is 0 Å². The molecule has 4 nitrogen and oxygen atoms in total. The molecule has 2 saturated carbocycles. The Morgan fingerprint density at radius 1 is 1.18 bits per heavy atom. The smallest absolute Gasteiger partial charge is 0.326 e. The van der Waals surface area contributed by atoms with E-state index in [1.165, 1.54) is 0 Å². The second kappa shape index (κ2) is 3.47. The van der Waals surface area contributed by atoms with E-state index in [1.807, 2.05) is 0 Å². The SMILES string of the molecule is CC1(C)C(C(=O)NC(C(=O)O)C2CC2)C1(C)C. The number of carboxylic acid groups (broad SMARTS) is 1. The molecule has 2 rings (SSSR count). The Hall–Kier alpha value is -1.06. The number of carboxylic acids is 1. The van der Waals surface area contributed by atoms with Gasteiger partial charge in [-0.1, -0.05) is 27.7 Å². The molecular weight excluding hydrogens is 218 g/mol. The van der Waals surface area contributed by atoms with Crippen LogP contribution in [0.5, 0.6) is 0 Å². The number of nitrogens with one attached hydrogen (secondary N) is 1. The van der Waals surface area contributed by atoms with E-state index in [2.05, 4.69) is 33.0 Å². The number of aliphatic carboxylic acids is 1. The van der Waals surface area contributed by atoms with Crippen molar-refractivity contribution in [2.45, 2.75) is 46.6 Å². The van der Waals surface area contributed by atoms with Gasteiger partial charge in [0.05, 0.1) is 0 Å². The van der Waals surface area contributed by atoms with Crippen LogP contribution in [0.2, 0.25) is 0 Å². The van der Waals surface area contributed by atoms with Gasteiger partial charge >= 0.3 is 5.97 Å². The normalized spacial score (nSPS) is 27.3. The van der Waals surface area contributed by atoms with Crippen molar-refractivity contribution in [1.82, 2.24) is 5.32 Å². The zero-order chi connectivity index (χ0) is 13.0. The minimum Gasteiger partial charge on any atom is -0.480 e. The monoisotopic (exact) mass is 239 g/mol. The van der Waals surface area contributed by atoms with Gasteiger partial charge in [-0.05, 0) is 29.6 Å². The summed E-state index contributed by atoms with van der Waals surface area (Å²) in [5.74, 6) is -0.937. The predicted octanol–water partition coefficient (Wildman–Crippen LogP) is 1.65. The summed E-state index contributed by atoms with van der Waals surface area (Å²) in [6.45, 7) is 8.24. The molecule has 0 aromatic rings. The summed E-state index contributed by atoms with van der Waals surface area (Å²) in [5, 5.41) is 11.8. The van der Waals surface area contributed by atoms with Gasteiger partial charge in [0.2, 0.25) is 5.91 Å². The van der Waals surface area contributed by atoms with Crippen LogP contribution in [0.1, 0.15) is 40.5 Å². The second-order valence-corrected chi connectivity index (χ2v) is 6.54. The van der Waals surface area contributed by atoms with E-state index in [-0.39, 0.29) is 28.6 Å². The molecule has 2 aliphatic rings. The maximum Gasteiger partial charge on any atom is 0.326 e. The first-order valence-electron chi connectivity index (χ1n) is 6.23. The summed E-state index contributed by atoms with van der Waals surface area (Å²) in [4.78, 5) is 23.2. The number of carbonyl (C=O) groups is 2. The predicted molar refractivity (Wildman–Crippen MR) is 63.3 cm³/mol. The first-order chi connectivity index (χ1) is 7.69. The van der Waals surface area contributed by atoms with Gasteiger partial charge in [0.1, 0.15) is 6.04 Å². The lowest BCUT2D eigenvalue weighted by atomic mass is 10.0. The average molecular weight is 239 g/mol. The van der Waals surface area contributed by atoms with E-state index < -0.39 is 12.0 Å². The van der Waals surface area contributed by atoms with Crippen molar-refractivity contribution >= 4 is 11.9 Å². The van der Waals surface area contributed by atoms with E-state index in [4.69, 9.17) is 5.11 Å². The lowest BCUT2D eigenvalue weighted by molar-refractivity contribution is -0.142. The molecule has 0 saturated heterocycles. The van der Waals surface area contributed by atoms with E-state index in [1.54, 1.807) is 0 Å². The standard InChI is InChI=1S/C13H21NO3/c1-12(2)9(13(12,3)4)10(15)14-8(11(16)17)7-5-6-7/h7-9H,5-6H2,1-4H3,(H,14,15)(H,16,17). The van der Waals surface area contributed by atoms with Gasteiger partial charge < -0.3 is 10.4 Å². The highest BCUT2D eigenvalue weighted by Gasteiger charge is 2.68. The van der Waals surface area contributed by atoms with Gasteiger partial charge in [0.15, 0.2) is 0 Å². The third-order valence-corrected chi connectivity index (χ3v) is 4.94. The van der Waals surface area contributed by atoms with Crippen molar-refractivity contribution in [1.29, 1.82) is 0 Å². The summed E-state index contributed by atoms with van der Waals surface area (Å²) in [6, 6.07) is -0.685. The van der Waals surface area contributed by atoms with Gasteiger partial charge in [0.25, 0.3) is 0 Å². The largest absolute Gasteiger partial charge is 0.480 e. The first-order valence-corrected chi connectivity index (χ1v) is 6.23. The number of hydrogen-bond acceptors (Lipinski definition) is 2. The summed E-state index contributed by atoms with van der Waals surface area (Å²) in [6.07, 6.45) is 1.82. The number of rotatable bonds is 4. The third-order valence-electron chi connectivity index (χ3n) is 4.94. The van der Waals surface area contributed by atoms with Crippen molar-refractivity contribution in [3.8, 4) is 0 Å². The summed E-state index contributed by atoms with van der Waals surface area (Å²) >= 11 is 0. The van der Waals surface area contributed by atoms with Crippen LogP contribution in [-0.2, 0) is 9.59 Å². The molecule has 2 N–H and O–H groups in total. The molecule has 17 heavy (non-hydrogen) atoms. The van der Waals surface area contributed by atoms with E-state index in [0.717, 1.165) is 12.8 Å². The molecule has 0 heterocycles. The van der Waals surface area contributed by atoms with Crippen LogP contribution >= 0.6 is 0 Å². The Kier molecular flexibility index (Phi) is 2.53. The van der Waals surface area contributed by atoms with Crippen LogP contribution in [-0.4, -0.2) is 23.0 Å². The molecule has 0 aliphatic heterocycles. The Morgan fingerprint density at radius 2 is 1.65 bits per heavy atom. The molecule has 0 bridgehead atoms. The topological polar surface area (TPSA) is 66.4 Å². The quantitative estimate of drug-likeness (QED) is 0.784. The zero-order valence-corrected chi connectivity index (χ0v) is 10.9. The van der Waals surface area contributed by atoms with Crippen LogP contribution in [0.25, 0.3) is 0 Å². The Morgan fingerprint density at radius 3 is 1.94 bits per heavy atom. The Balaban J connectivity index is 2.00. The minimum atomic E-state index is -0.905. The molecule has 0 spiro atoms. The lowest BCUT2D eigenvalue weighted by Gasteiger charge is -2.14. The van der Waals surface area contributed by atoms with Gasteiger partial charge in [0, 0.05) is 5.92 Å². The molecular formula is C13H21NO3. The average Bonchev–Trinajstić information content (AvgIpc) is 3.01. The minimum absolute atomic E-state index is 0.0380. The van der Waals surface area contributed by atoms with Gasteiger partial charge in [-0.2, -0.15) is 0 Å². The third kappa shape index (κ3) is 1.83. The lowest BCUT2D eigenvalue weighted by Crippen LogP contribution is -2.43. The highest BCUT2D eigenvalue weighted by Crippen LogP contribution is 2.68. The number of amides is 1. The molecule has 4 heteroatoms. The van der Waals surface area contributed by atoms with Crippen LogP contribution in [0, 0.1) is 22.7 Å². The van der Waals surface area contributed by atoms with Gasteiger partial charge in [-0.15, -0.1) is 0 Å². The highest BCUT2D eigenvalue weighted by atomic mass is 16.4. The van der Waals surface area contributed by atoms with Crippen molar-refractivity contribution in [2.75, 3.05) is 0 Å². The molecule has 1 amide bonds. The molecule has 96 valence electrons. The summed E-state index contributed by atoms with van der Waals surface area (Å²) in [5.41, 5.74) is -0.0760. The summed E-state index contributed by atoms with van der Waals surface area (Å²) in [7, 11) is 0. The molecule has 0 aromatic carbocycles. The van der Waals surface area contributed by atoms with Crippen LogP contribution < -0.4 is 5.32 Å². The molecule has 1 atom stereocenters. The maximum atomic E-state index is 12.1. The molecule has 2 aliphatic carbocycles. The Bertz CT molecular complexity index is 355. The molecule has 2 fully saturated rings. The van der Waals surface area contributed by atoms with Crippen molar-refractivity contribution in [3.63, 3.8) is 0 Å². The van der Waals surface area contributed by atoms with Crippen molar-refractivity contribution in [2.24, 2.45) is 22.7 Å². The Labute approximate surface area is 102 Å². The highest BCUT2D eigenvalue weighted by molar-refractivity contribution is 5.88. The van der Waals surface area contributed by atoms with E-state index in [9.17, 15) is 9.59 Å². The van der Waals surface area contributed by atoms with Gasteiger partial charge in [-0.3, -0.25) is 4.79 Å². The number of hydrogen-bond donors (Lipinski definition) is 2. The van der Waals surface area contributed by atoms with Gasteiger partial charge in [-0.25, -0.2) is 4.79 Å². The fourth-order valence-electron chi connectivity index (χ4n) is 2.90. The van der Waals surface area contributed by atoms with Crippen LogP contribution in [0.3, 0.4) is 0 Å². The summed E-state index contributed by atoms with van der Waals surface area (Å²) < 4.78 is 0. The van der Waals surface area contributed by atoms with Crippen molar-refractivity contribution < 1.29 is 14.7 Å². The maximum absolute atomic E-state index is 12.1. The van der Waals surface area contributed by atoms with E-state index in [0.29, 0.717) is 0 Å². The fraction of sp³-hybridized carbons (Fsp3) is 0.846. The number of carbonyl (C=O) groups excluding carboxylic acids is 1. The molecule has 1 unspecified atom stereocenters. The van der Waals surface area contributed by atoms with Crippen molar-refractivity contribution in [3.05, 3.63) is 0 Å². The first kappa shape index (κ1) is 12.4. The van der Waals surface area contributed by atoms with Crippen LogP contribution in [0.15, 0.2) is 0 Å². The fourth-order valence-corrected chi connectivity index (χ4v) is 2.90. The van der Waals surface area contributed by atoms with E-state index >= 15 is 0 Å². The zero-order valence-electron chi connectivity index (χ0n) is 10.9. The molecule has 0 radical (unpaired) electrons. The second-order valence-electron chi connectivity index (χ2n) is 6.54. The molecule has 0 aromatic heterocycles.